The molecule has 194 valence electrons. The molecule has 0 unspecified atom stereocenters. The Morgan fingerprint density at radius 3 is 2.12 bits per heavy atom. The molecule has 0 N–H and O–H groups in total. The number of para-hydroxylation sites is 1. The summed E-state index contributed by atoms with van der Waals surface area (Å²) in [6.45, 7) is 0. The van der Waals surface area contributed by atoms with Gasteiger partial charge in [-0.1, -0.05) is 97.1 Å². The topological polar surface area (TPSA) is 31.9 Å². The predicted octanol–water partition coefficient (Wildman–Crippen LogP) is 8.91. The molecule has 0 atom stereocenters. The average molecular weight is 535 g/mol. The number of hydrogen-bond donors (Lipinski definition) is 0. The number of nitrogens with zero attached hydrogens (tertiary/aromatic N) is 3. The molecule has 3 heteroatoms. The number of benzene rings is 6. The zero-order chi connectivity index (χ0) is 27.6. The molecule has 0 amide bonds. The summed E-state index contributed by atoms with van der Waals surface area (Å²) in [5.74, 6) is 0. The van der Waals surface area contributed by atoms with Gasteiger partial charge in [-0.3, -0.25) is 4.98 Å². The average Bonchev–Trinajstić information content (AvgIpc) is 3.71. The summed E-state index contributed by atoms with van der Waals surface area (Å²) in [6, 6.07) is 44.1. The molecule has 9 rings (SSSR count). The molecule has 6 aromatic carbocycles. The molecule has 3 nitrogen and oxygen atoms in total. The Morgan fingerprint density at radius 2 is 1.29 bits per heavy atom. The lowest BCUT2D eigenvalue weighted by atomic mass is 9.99. The molecule has 0 fully saturated rings. The fourth-order valence-electron chi connectivity index (χ4n) is 6.61. The van der Waals surface area contributed by atoms with Crippen molar-refractivity contribution in [2.45, 2.75) is 0 Å². The van der Waals surface area contributed by atoms with Crippen LogP contribution in [0.2, 0.25) is 0 Å². The van der Waals surface area contributed by atoms with Crippen LogP contribution < -0.4 is 4.67 Å². The van der Waals surface area contributed by atoms with Crippen LogP contribution in [-0.4, -0.2) is 22.0 Å². The Bertz CT molecular complexity index is 2490. The van der Waals surface area contributed by atoms with E-state index in [-0.39, 0.29) is 0 Å². The first-order valence-electron chi connectivity index (χ1n) is 14.2. The Balaban J connectivity index is 1.31. The van der Waals surface area contributed by atoms with Gasteiger partial charge in [0.1, 0.15) is 0 Å². The van der Waals surface area contributed by atoms with Gasteiger partial charge in [-0.2, -0.15) is 0 Å². The van der Waals surface area contributed by atoms with Crippen molar-refractivity contribution in [3.8, 4) is 16.9 Å². The molecule has 3 heterocycles. The zero-order valence-corrected chi connectivity index (χ0v) is 22.7. The summed E-state index contributed by atoms with van der Waals surface area (Å²) in [7, 11) is 0. The SMILES string of the molecule is C1=[N+]=CC(c2ccc(-c3ccc4c(ccc5c6ccccc6n(-c6cc7ccccc7c7ccccc67)c45)c3)nc2)=C1. The maximum absolute atomic E-state index is 4.80. The monoisotopic (exact) mass is 534 g/mol. The third-order valence-electron chi connectivity index (χ3n) is 8.58. The number of hydrogen-bond acceptors (Lipinski definition) is 1. The maximum Gasteiger partial charge on any atom is 0.300 e. The summed E-state index contributed by atoms with van der Waals surface area (Å²) in [5.41, 5.74) is 7.87. The van der Waals surface area contributed by atoms with Crippen LogP contribution >= 0.6 is 0 Å². The Kier molecular flexibility index (Phi) is 4.86. The lowest BCUT2D eigenvalue weighted by molar-refractivity contribution is 1.21. The first-order chi connectivity index (χ1) is 20.8. The second-order valence-electron chi connectivity index (χ2n) is 10.9. The van der Waals surface area contributed by atoms with E-state index in [0.29, 0.717) is 0 Å². The molecule has 0 saturated heterocycles. The summed E-state index contributed by atoms with van der Waals surface area (Å²) < 4.78 is 6.66. The number of pyridine rings is 1. The smallest absolute Gasteiger partial charge is 0.300 e. The van der Waals surface area contributed by atoms with Crippen molar-refractivity contribution in [3.05, 3.63) is 139 Å². The van der Waals surface area contributed by atoms with Gasteiger partial charge in [-0.05, 0) is 45.8 Å². The van der Waals surface area contributed by atoms with Crippen molar-refractivity contribution in [3.63, 3.8) is 0 Å². The third-order valence-corrected chi connectivity index (χ3v) is 8.58. The van der Waals surface area contributed by atoms with Crippen LogP contribution in [0.5, 0.6) is 0 Å². The summed E-state index contributed by atoms with van der Waals surface area (Å²) >= 11 is 0. The standard InChI is InChI=1S/C39H24N3/c1-2-8-30-25(7-1)22-38(33-10-4-3-9-32(30)33)42-37-12-6-5-11-34(37)35-17-13-26-21-27(14-16-31(26)39(35)42)36-18-15-28(24-41-36)29-19-20-40-23-29/h1-24H/q+1. The highest BCUT2D eigenvalue weighted by Crippen LogP contribution is 2.40. The zero-order valence-electron chi connectivity index (χ0n) is 22.7. The molecular formula is C39H24N3+. The van der Waals surface area contributed by atoms with E-state index >= 15 is 0 Å². The van der Waals surface area contributed by atoms with E-state index in [2.05, 4.69) is 131 Å². The summed E-state index contributed by atoms with van der Waals surface area (Å²) in [5, 5.41) is 9.98. The van der Waals surface area contributed by atoms with Crippen molar-refractivity contribution in [1.29, 1.82) is 0 Å². The molecule has 0 bridgehead atoms. The van der Waals surface area contributed by atoms with Crippen LogP contribution in [0.25, 0.3) is 76.6 Å². The van der Waals surface area contributed by atoms with E-state index in [9.17, 15) is 0 Å². The third kappa shape index (κ3) is 3.35. The molecule has 1 aliphatic rings. The first kappa shape index (κ1) is 23.0. The number of allylic oxidation sites excluding steroid dienone is 2. The fourth-order valence-corrected chi connectivity index (χ4v) is 6.61. The highest BCUT2D eigenvalue weighted by molar-refractivity contribution is 6.21. The Labute approximate surface area is 242 Å². The van der Waals surface area contributed by atoms with E-state index in [0.717, 1.165) is 22.4 Å². The van der Waals surface area contributed by atoms with Crippen LogP contribution in [0.1, 0.15) is 5.56 Å². The van der Waals surface area contributed by atoms with Crippen molar-refractivity contribution in [2.24, 2.45) is 0 Å². The van der Waals surface area contributed by atoms with Crippen molar-refractivity contribution in [1.82, 2.24) is 14.2 Å². The van der Waals surface area contributed by atoms with Crippen LogP contribution in [0.3, 0.4) is 0 Å². The maximum atomic E-state index is 4.80. The highest BCUT2D eigenvalue weighted by Gasteiger charge is 2.18. The largest absolute Gasteiger partial charge is 0.308 e. The normalized spacial score (nSPS) is 12.8. The molecule has 2 aromatic heterocycles. The molecule has 0 saturated carbocycles. The van der Waals surface area contributed by atoms with E-state index in [4.69, 9.17) is 4.98 Å². The Morgan fingerprint density at radius 1 is 0.548 bits per heavy atom. The second kappa shape index (κ2) is 8.87. The second-order valence-corrected chi connectivity index (χ2v) is 10.9. The van der Waals surface area contributed by atoms with Crippen molar-refractivity contribution in [2.75, 3.05) is 0 Å². The molecule has 8 aromatic rings. The molecule has 42 heavy (non-hydrogen) atoms. The van der Waals surface area contributed by atoms with Crippen LogP contribution in [0, 0.1) is 0 Å². The van der Waals surface area contributed by atoms with Crippen molar-refractivity contribution >= 4 is 72.1 Å². The van der Waals surface area contributed by atoms with E-state index in [1.807, 2.05) is 24.7 Å². The van der Waals surface area contributed by atoms with Gasteiger partial charge in [-0.25, -0.2) is 0 Å². The number of fused-ring (bicyclic) bond motifs is 8. The lowest BCUT2D eigenvalue weighted by Crippen LogP contribution is -1.97. The van der Waals surface area contributed by atoms with Crippen LogP contribution in [-0.2, 0) is 0 Å². The van der Waals surface area contributed by atoms with Gasteiger partial charge in [0.2, 0.25) is 0 Å². The minimum absolute atomic E-state index is 0.960. The Hall–Kier alpha value is -5.76. The fraction of sp³-hybridized carbons (Fsp3) is 0. The van der Waals surface area contributed by atoms with Crippen LogP contribution in [0.4, 0.5) is 0 Å². The van der Waals surface area contributed by atoms with E-state index in [1.165, 1.54) is 59.8 Å². The van der Waals surface area contributed by atoms with Crippen molar-refractivity contribution < 1.29 is 0 Å². The van der Waals surface area contributed by atoms with Gasteiger partial charge in [-0.15, -0.1) is 4.67 Å². The summed E-state index contributed by atoms with van der Waals surface area (Å²) in [6.07, 6.45) is 7.63. The highest BCUT2D eigenvalue weighted by atomic mass is 15.0. The minimum Gasteiger partial charge on any atom is -0.308 e. The molecular weight excluding hydrogens is 510 g/mol. The van der Waals surface area contributed by atoms with E-state index in [1.54, 1.807) is 0 Å². The molecule has 0 radical (unpaired) electrons. The van der Waals surface area contributed by atoms with Gasteiger partial charge < -0.3 is 4.57 Å². The first-order valence-corrected chi connectivity index (χ1v) is 14.2. The number of aromatic nitrogens is 2. The van der Waals surface area contributed by atoms with Gasteiger partial charge in [0.15, 0.2) is 0 Å². The van der Waals surface area contributed by atoms with Crippen LogP contribution in [0.15, 0.2) is 134 Å². The molecule has 0 aliphatic carbocycles. The van der Waals surface area contributed by atoms with Gasteiger partial charge >= 0.3 is 6.21 Å². The van der Waals surface area contributed by atoms with Gasteiger partial charge in [0, 0.05) is 44.9 Å². The van der Waals surface area contributed by atoms with Gasteiger partial charge in [0.05, 0.1) is 28.0 Å². The molecule has 1 aliphatic heterocycles. The summed E-state index contributed by atoms with van der Waals surface area (Å²) in [4.78, 5) is 4.80. The quantitative estimate of drug-likeness (QED) is 0.164. The molecule has 0 spiro atoms. The lowest BCUT2D eigenvalue weighted by Gasteiger charge is -2.15. The van der Waals surface area contributed by atoms with Gasteiger partial charge in [0.25, 0.3) is 6.21 Å². The van der Waals surface area contributed by atoms with E-state index < -0.39 is 0 Å². The predicted molar refractivity (Wildman–Crippen MR) is 179 cm³/mol. The minimum atomic E-state index is 0.960. The number of rotatable bonds is 3.